The fourth-order valence-electron chi connectivity index (χ4n) is 2.71. The Hall–Kier alpha value is -1.85. The van der Waals surface area contributed by atoms with Crippen molar-refractivity contribution in [1.82, 2.24) is 9.97 Å². The molecule has 1 aromatic heterocycles. The van der Waals surface area contributed by atoms with Crippen molar-refractivity contribution in [3.63, 3.8) is 0 Å². The van der Waals surface area contributed by atoms with Crippen LogP contribution in [-0.2, 0) is 4.74 Å². The van der Waals surface area contributed by atoms with Gasteiger partial charge in [0.2, 0.25) is 5.95 Å². The fourth-order valence-corrected chi connectivity index (χ4v) is 2.71. The molecule has 1 N–H and O–H groups in total. The van der Waals surface area contributed by atoms with Gasteiger partial charge in [-0.2, -0.15) is 0 Å². The van der Waals surface area contributed by atoms with Crippen molar-refractivity contribution in [1.29, 1.82) is 0 Å². The Morgan fingerprint density at radius 3 is 2.65 bits per heavy atom. The lowest BCUT2D eigenvalue weighted by Gasteiger charge is -2.39. The van der Waals surface area contributed by atoms with Crippen molar-refractivity contribution in [3.05, 3.63) is 22.1 Å². The first kappa shape index (κ1) is 14.6. The third kappa shape index (κ3) is 2.84. The normalized spacial score (nSPS) is 22.6. The molecule has 1 fully saturated rings. The molecule has 1 saturated heterocycles. The van der Waals surface area contributed by atoms with E-state index in [1.807, 2.05) is 0 Å². The first-order valence-corrected chi connectivity index (χ1v) is 7.09. The molecule has 110 valence electrons. The lowest BCUT2D eigenvalue weighted by Crippen LogP contribution is -2.45. The van der Waals surface area contributed by atoms with Gasteiger partial charge in [0.05, 0.1) is 12.8 Å². The summed E-state index contributed by atoms with van der Waals surface area (Å²) in [4.78, 5) is 32.6. The molecule has 2 rings (SSSR count). The van der Waals surface area contributed by atoms with Gasteiger partial charge in [0, 0.05) is 12.1 Å². The van der Waals surface area contributed by atoms with Crippen LogP contribution >= 0.6 is 0 Å². The van der Waals surface area contributed by atoms with Crippen molar-refractivity contribution in [2.75, 3.05) is 11.5 Å². The number of nitrogens with zero attached hydrogens (tertiary/aromatic N) is 2. The average molecular weight is 279 g/mol. The zero-order chi connectivity index (χ0) is 14.7. The van der Waals surface area contributed by atoms with E-state index in [4.69, 9.17) is 4.74 Å². The summed E-state index contributed by atoms with van der Waals surface area (Å²) in [6.45, 7) is 6.18. The Bertz CT molecular complexity index is 531. The van der Waals surface area contributed by atoms with Crippen LogP contribution in [0.25, 0.3) is 0 Å². The predicted molar refractivity (Wildman–Crippen MR) is 76.1 cm³/mol. The quantitative estimate of drug-likeness (QED) is 0.853. The Morgan fingerprint density at radius 2 is 2.10 bits per heavy atom. The van der Waals surface area contributed by atoms with Crippen LogP contribution in [0.15, 0.2) is 11.0 Å². The highest BCUT2D eigenvalue weighted by molar-refractivity contribution is 5.88. The molecular weight excluding hydrogens is 258 g/mol. The maximum atomic E-state index is 12.0. The zero-order valence-corrected chi connectivity index (χ0v) is 12.2. The molecular formula is C14H21N3O3. The van der Waals surface area contributed by atoms with Crippen LogP contribution < -0.4 is 10.5 Å². The fraction of sp³-hybridized carbons (Fsp3) is 0.643. The molecule has 1 aliphatic heterocycles. The summed E-state index contributed by atoms with van der Waals surface area (Å²) in [6, 6.07) is 0.658. The van der Waals surface area contributed by atoms with Crippen molar-refractivity contribution >= 4 is 11.9 Å². The molecule has 0 bridgehead atoms. The van der Waals surface area contributed by atoms with Crippen LogP contribution in [0, 0.1) is 0 Å². The molecule has 20 heavy (non-hydrogen) atoms. The first-order chi connectivity index (χ1) is 9.54. The van der Waals surface area contributed by atoms with Gasteiger partial charge in [-0.3, -0.25) is 9.78 Å². The van der Waals surface area contributed by atoms with Crippen LogP contribution in [0.5, 0.6) is 0 Å². The Kier molecular flexibility index (Phi) is 4.42. The van der Waals surface area contributed by atoms with Crippen LogP contribution in [0.1, 0.15) is 50.4 Å². The highest BCUT2D eigenvalue weighted by Crippen LogP contribution is 2.25. The van der Waals surface area contributed by atoms with Gasteiger partial charge < -0.3 is 9.64 Å². The molecule has 0 spiro atoms. The molecule has 0 saturated carbocycles. The van der Waals surface area contributed by atoms with Gasteiger partial charge in [-0.15, -0.1) is 0 Å². The second-order valence-electron chi connectivity index (χ2n) is 5.21. The number of rotatable bonds is 3. The number of hydrogen-bond acceptors (Lipinski definition) is 5. The van der Waals surface area contributed by atoms with Gasteiger partial charge in [-0.05, 0) is 40.0 Å². The number of carbonyl (C=O) groups is 1. The molecule has 2 atom stereocenters. The van der Waals surface area contributed by atoms with E-state index >= 15 is 0 Å². The maximum absolute atomic E-state index is 12.0. The number of H-pyrrole nitrogens is 1. The molecule has 0 aliphatic carbocycles. The summed E-state index contributed by atoms with van der Waals surface area (Å²) in [5.41, 5.74) is -0.494. The zero-order valence-electron chi connectivity index (χ0n) is 12.2. The second-order valence-corrected chi connectivity index (χ2v) is 5.21. The van der Waals surface area contributed by atoms with Gasteiger partial charge in [-0.25, -0.2) is 9.78 Å². The number of aromatic nitrogens is 2. The Labute approximate surface area is 118 Å². The van der Waals surface area contributed by atoms with E-state index in [0.29, 0.717) is 18.0 Å². The monoisotopic (exact) mass is 279 g/mol. The number of esters is 1. The number of aromatic amines is 1. The van der Waals surface area contributed by atoms with E-state index < -0.39 is 11.5 Å². The van der Waals surface area contributed by atoms with E-state index in [9.17, 15) is 9.59 Å². The maximum Gasteiger partial charge on any atom is 0.345 e. The first-order valence-electron chi connectivity index (χ1n) is 7.09. The number of anilines is 1. The molecule has 6 heteroatoms. The molecule has 0 radical (unpaired) electrons. The standard InChI is InChI=1S/C14H21N3O3/c1-4-20-13(19)11-8-15-14(16-12(11)18)17-9(2)6-5-7-10(17)3/h8-10H,4-7H2,1-3H3,(H,15,16,18). The minimum Gasteiger partial charge on any atom is -0.462 e. The highest BCUT2D eigenvalue weighted by atomic mass is 16.5. The van der Waals surface area contributed by atoms with Crippen LogP contribution in [-0.4, -0.2) is 34.6 Å². The van der Waals surface area contributed by atoms with E-state index in [0.717, 1.165) is 12.8 Å². The Balaban J connectivity index is 2.28. The van der Waals surface area contributed by atoms with E-state index in [1.54, 1.807) is 6.92 Å². The van der Waals surface area contributed by atoms with Crippen LogP contribution in [0.2, 0.25) is 0 Å². The van der Waals surface area contributed by atoms with Crippen LogP contribution in [0.3, 0.4) is 0 Å². The van der Waals surface area contributed by atoms with Gasteiger partial charge in [0.15, 0.2) is 0 Å². The molecule has 6 nitrogen and oxygen atoms in total. The van der Waals surface area contributed by atoms with Crippen molar-refractivity contribution in [2.45, 2.75) is 52.1 Å². The third-order valence-electron chi connectivity index (χ3n) is 3.72. The SMILES string of the molecule is CCOC(=O)c1cnc(N2C(C)CCCC2C)[nH]c1=O. The lowest BCUT2D eigenvalue weighted by molar-refractivity contribution is 0.0523. The minimum atomic E-state index is -0.632. The summed E-state index contributed by atoms with van der Waals surface area (Å²) in [7, 11) is 0. The molecule has 1 aliphatic rings. The topological polar surface area (TPSA) is 75.3 Å². The minimum absolute atomic E-state index is 0.0482. The Morgan fingerprint density at radius 1 is 1.45 bits per heavy atom. The third-order valence-corrected chi connectivity index (χ3v) is 3.72. The average Bonchev–Trinajstić information content (AvgIpc) is 2.38. The van der Waals surface area contributed by atoms with Gasteiger partial charge >= 0.3 is 5.97 Å². The number of hydrogen-bond donors (Lipinski definition) is 1. The number of nitrogens with one attached hydrogen (secondary N) is 1. The molecule has 2 unspecified atom stereocenters. The molecule has 0 aromatic carbocycles. The number of ether oxygens (including phenoxy) is 1. The highest BCUT2D eigenvalue weighted by Gasteiger charge is 2.27. The summed E-state index contributed by atoms with van der Waals surface area (Å²) >= 11 is 0. The molecule has 2 heterocycles. The van der Waals surface area contributed by atoms with Crippen molar-refractivity contribution < 1.29 is 9.53 Å². The summed E-state index contributed by atoms with van der Waals surface area (Å²) in [5, 5.41) is 0. The van der Waals surface area contributed by atoms with Gasteiger partial charge in [0.1, 0.15) is 5.56 Å². The number of carbonyl (C=O) groups excluding carboxylic acids is 1. The predicted octanol–water partition coefficient (Wildman–Crippen LogP) is 1.71. The molecule has 0 amide bonds. The smallest absolute Gasteiger partial charge is 0.345 e. The molecule has 1 aromatic rings. The second kappa shape index (κ2) is 6.07. The largest absolute Gasteiger partial charge is 0.462 e. The lowest BCUT2D eigenvalue weighted by atomic mass is 9.98. The summed E-state index contributed by atoms with van der Waals surface area (Å²) < 4.78 is 4.82. The summed E-state index contributed by atoms with van der Waals surface area (Å²) in [6.07, 6.45) is 4.64. The van der Waals surface area contributed by atoms with E-state index in [-0.39, 0.29) is 12.2 Å². The number of piperidine rings is 1. The van der Waals surface area contributed by atoms with Crippen molar-refractivity contribution in [2.24, 2.45) is 0 Å². The van der Waals surface area contributed by atoms with Gasteiger partial charge in [0.25, 0.3) is 5.56 Å². The van der Waals surface area contributed by atoms with E-state index in [2.05, 4.69) is 28.7 Å². The van der Waals surface area contributed by atoms with Crippen molar-refractivity contribution in [3.8, 4) is 0 Å². The van der Waals surface area contributed by atoms with E-state index in [1.165, 1.54) is 12.6 Å². The van der Waals surface area contributed by atoms with Crippen LogP contribution in [0.4, 0.5) is 5.95 Å². The summed E-state index contributed by atoms with van der Waals surface area (Å²) in [5.74, 6) is -0.102. The van der Waals surface area contributed by atoms with Gasteiger partial charge in [-0.1, -0.05) is 0 Å².